The molecule has 0 radical (unpaired) electrons. The number of carbonyl (C=O) groups is 1. The van der Waals surface area contributed by atoms with Gasteiger partial charge < -0.3 is 32.9 Å². The Bertz CT molecular complexity index is 1640. The van der Waals surface area contributed by atoms with Crippen molar-refractivity contribution in [3.05, 3.63) is 65.4 Å². The summed E-state index contributed by atoms with van der Waals surface area (Å²) in [5.41, 5.74) is 5.07. The van der Waals surface area contributed by atoms with Crippen LogP contribution in [0.25, 0.3) is 27.0 Å². The van der Waals surface area contributed by atoms with Crippen molar-refractivity contribution < 1.29 is 37.7 Å². The van der Waals surface area contributed by atoms with E-state index in [4.69, 9.17) is 32.9 Å². The number of nitrogens with zero attached hydrogens (tertiary/aromatic N) is 2. The molecule has 0 saturated heterocycles. The van der Waals surface area contributed by atoms with Crippen LogP contribution in [0.4, 0.5) is 5.13 Å². The predicted octanol–water partition coefficient (Wildman–Crippen LogP) is 5.56. The Morgan fingerprint density at radius 1 is 0.977 bits per heavy atom. The standard InChI is InChI=1S/C31H33N3O8S/c1-17-10-22-26(11-18(17)2)43-30(32-22)33-28(35)16-41-27-14-19(8-9-31(27,39-6)40-7)23-15-21(34-42-23)20-12-24(36-3)29(38-5)25(13-20)37-4/h8-15,27H,16H2,1-7H3,(H,32,33,35). The smallest absolute Gasteiger partial charge is 0.252 e. The van der Waals surface area contributed by atoms with Crippen molar-refractivity contribution in [2.75, 3.05) is 47.5 Å². The van der Waals surface area contributed by atoms with E-state index in [1.54, 1.807) is 57.8 Å². The van der Waals surface area contributed by atoms with Gasteiger partial charge >= 0.3 is 0 Å². The normalized spacial score (nSPS) is 15.8. The summed E-state index contributed by atoms with van der Waals surface area (Å²) in [5, 5.41) is 7.57. The number of anilines is 1. The summed E-state index contributed by atoms with van der Waals surface area (Å²) in [5.74, 6) is 0.315. The van der Waals surface area contributed by atoms with Gasteiger partial charge in [-0.25, -0.2) is 4.98 Å². The Balaban J connectivity index is 1.35. The highest BCUT2D eigenvalue weighted by atomic mass is 32.1. The molecule has 1 atom stereocenters. The zero-order chi connectivity index (χ0) is 30.7. The molecule has 226 valence electrons. The molecule has 5 rings (SSSR count). The van der Waals surface area contributed by atoms with Crippen LogP contribution in [0.15, 0.2) is 53.1 Å². The third kappa shape index (κ3) is 6.00. The van der Waals surface area contributed by atoms with Crippen LogP contribution in [0.5, 0.6) is 17.2 Å². The fourth-order valence-corrected chi connectivity index (χ4v) is 5.71. The fraction of sp³-hybridized carbons (Fsp3) is 0.323. The second-order valence-corrected chi connectivity index (χ2v) is 10.8. The van der Waals surface area contributed by atoms with Gasteiger partial charge in [-0.2, -0.15) is 0 Å². The molecule has 0 fully saturated rings. The number of hydrogen-bond donors (Lipinski definition) is 1. The lowest BCUT2D eigenvalue weighted by Gasteiger charge is -2.36. The molecular weight excluding hydrogens is 574 g/mol. The van der Waals surface area contributed by atoms with Gasteiger partial charge in [0, 0.05) is 31.4 Å². The summed E-state index contributed by atoms with van der Waals surface area (Å²) in [4.78, 5) is 17.4. The van der Waals surface area contributed by atoms with Crippen LogP contribution < -0.4 is 19.5 Å². The van der Waals surface area contributed by atoms with E-state index in [1.807, 2.05) is 19.9 Å². The van der Waals surface area contributed by atoms with Crippen molar-refractivity contribution in [2.45, 2.75) is 25.7 Å². The molecule has 0 spiro atoms. The molecule has 12 heteroatoms. The van der Waals surface area contributed by atoms with Gasteiger partial charge in [-0.05, 0) is 67.5 Å². The minimum Gasteiger partial charge on any atom is -0.493 e. The first kappa shape index (κ1) is 30.2. The molecule has 43 heavy (non-hydrogen) atoms. The first-order valence-corrected chi connectivity index (χ1v) is 14.1. The summed E-state index contributed by atoms with van der Waals surface area (Å²) < 4.78 is 40.4. The first-order valence-electron chi connectivity index (χ1n) is 13.3. The lowest BCUT2D eigenvalue weighted by atomic mass is 9.96. The SMILES string of the molecule is COc1cc(-c2cc(C3=CC(OCC(=O)Nc4nc5cc(C)c(C)cc5s4)C(OC)(OC)C=C3)on2)cc(OC)c1OC. The number of nitrogens with one attached hydrogen (secondary N) is 1. The van der Waals surface area contributed by atoms with Crippen LogP contribution in [0.1, 0.15) is 16.9 Å². The molecule has 2 aromatic heterocycles. The molecule has 1 aliphatic rings. The van der Waals surface area contributed by atoms with Crippen LogP contribution in [0, 0.1) is 13.8 Å². The summed E-state index contributed by atoms with van der Waals surface area (Å²) in [7, 11) is 7.65. The van der Waals surface area contributed by atoms with Gasteiger partial charge in [-0.1, -0.05) is 16.5 Å². The largest absolute Gasteiger partial charge is 0.493 e. The molecular formula is C31H33N3O8S. The van der Waals surface area contributed by atoms with Crippen LogP contribution >= 0.6 is 11.3 Å². The van der Waals surface area contributed by atoms with Gasteiger partial charge in [-0.15, -0.1) is 0 Å². The minimum absolute atomic E-state index is 0.266. The van der Waals surface area contributed by atoms with Crippen molar-refractivity contribution in [1.82, 2.24) is 10.1 Å². The van der Waals surface area contributed by atoms with Crippen molar-refractivity contribution in [1.29, 1.82) is 0 Å². The van der Waals surface area contributed by atoms with E-state index >= 15 is 0 Å². The van der Waals surface area contributed by atoms with Crippen molar-refractivity contribution in [3.63, 3.8) is 0 Å². The van der Waals surface area contributed by atoms with Gasteiger partial charge in [0.25, 0.3) is 5.91 Å². The number of ether oxygens (including phenoxy) is 6. The lowest BCUT2D eigenvalue weighted by Crippen LogP contribution is -2.47. The Morgan fingerprint density at radius 2 is 1.67 bits per heavy atom. The number of rotatable bonds is 11. The summed E-state index contributed by atoms with van der Waals surface area (Å²) in [6, 6.07) is 9.43. The van der Waals surface area contributed by atoms with Crippen molar-refractivity contribution in [2.24, 2.45) is 0 Å². The second-order valence-electron chi connectivity index (χ2n) is 9.78. The molecule has 1 N–H and O–H groups in total. The number of amides is 1. The molecule has 0 bridgehead atoms. The summed E-state index contributed by atoms with van der Waals surface area (Å²) >= 11 is 1.41. The number of hydrogen-bond acceptors (Lipinski definition) is 11. The quantitative estimate of drug-likeness (QED) is 0.217. The lowest BCUT2D eigenvalue weighted by molar-refractivity contribution is -0.225. The number of carbonyl (C=O) groups excluding carboxylic acids is 1. The van der Waals surface area contributed by atoms with E-state index in [1.165, 1.54) is 31.1 Å². The minimum atomic E-state index is -1.26. The molecule has 1 amide bonds. The van der Waals surface area contributed by atoms with Crippen LogP contribution in [-0.2, 0) is 19.0 Å². The van der Waals surface area contributed by atoms with Gasteiger partial charge in [0.15, 0.2) is 22.4 Å². The maximum atomic E-state index is 12.9. The molecule has 0 aliphatic heterocycles. The number of thiazole rings is 1. The number of allylic oxidation sites excluding steroid dienone is 2. The van der Waals surface area contributed by atoms with Crippen molar-refractivity contribution >= 4 is 38.2 Å². The van der Waals surface area contributed by atoms with Crippen LogP contribution in [0.2, 0.25) is 0 Å². The van der Waals surface area contributed by atoms with Gasteiger partial charge in [-0.3, -0.25) is 10.1 Å². The molecule has 4 aromatic rings. The maximum absolute atomic E-state index is 12.9. The van der Waals surface area contributed by atoms with Gasteiger partial charge in [0.2, 0.25) is 11.5 Å². The summed E-state index contributed by atoms with van der Waals surface area (Å²) in [6.07, 6.45) is 4.48. The monoisotopic (exact) mass is 607 g/mol. The summed E-state index contributed by atoms with van der Waals surface area (Å²) in [6.45, 7) is 3.81. The topological polar surface area (TPSA) is 123 Å². The number of aromatic nitrogens is 2. The highest BCUT2D eigenvalue weighted by Crippen LogP contribution is 2.41. The zero-order valence-corrected chi connectivity index (χ0v) is 25.8. The van der Waals surface area contributed by atoms with E-state index in [9.17, 15) is 4.79 Å². The molecule has 2 heterocycles. The van der Waals surface area contributed by atoms with Gasteiger partial charge in [0.05, 0.1) is 31.5 Å². The van der Waals surface area contributed by atoms with Crippen LogP contribution in [0.3, 0.4) is 0 Å². The third-order valence-corrected chi connectivity index (χ3v) is 8.19. The Kier molecular flexibility index (Phi) is 8.83. The average Bonchev–Trinajstić information content (AvgIpc) is 3.66. The third-order valence-electron chi connectivity index (χ3n) is 7.26. The molecule has 1 unspecified atom stereocenters. The van der Waals surface area contributed by atoms with E-state index in [-0.39, 0.29) is 12.5 Å². The molecule has 2 aromatic carbocycles. The maximum Gasteiger partial charge on any atom is 0.252 e. The Labute approximate surface area is 253 Å². The Hall–Kier alpha value is -4.23. The van der Waals surface area contributed by atoms with E-state index in [0.717, 1.165) is 15.8 Å². The fourth-order valence-electron chi connectivity index (χ4n) is 4.75. The average molecular weight is 608 g/mol. The molecule has 11 nitrogen and oxygen atoms in total. The molecule has 1 aliphatic carbocycles. The first-order chi connectivity index (χ1) is 20.7. The molecule has 0 saturated carbocycles. The zero-order valence-electron chi connectivity index (χ0n) is 25.0. The van der Waals surface area contributed by atoms with Gasteiger partial charge in [0.1, 0.15) is 18.4 Å². The van der Waals surface area contributed by atoms with Crippen molar-refractivity contribution in [3.8, 4) is 28.5 Å². The number of aryl methyl sites for hydroxylation is 2. The Morgan fingerprint density at radius 3 is 2.33 bits per heavy atom. The highest BCUT2D eigenvalue weighted by molar-refractivity contribution is 7.22. The predicted molar refractivity (Wildman–Crippen MR) is 163 cm³/mol. The number of fused-ring (bicyclic) bond motifs is 1. The van der Waals surface area contributed by atoms with E-state index < -0.39 is 11.9 Å². The van der Waals surface area contributed by atoms with Crippen LogP contribution in [-0.4, -0.2) is 70.1 Å². The number of methoxy groups -OCH3 is 5. The van der Waals surface area contributed by atoms with E-state index in [0.29, 0.717) is 45.0 Å². The highest BCUT2D eigenvalue weighted by Gasteiger charge is 2.40. The number of benzene rings is 2. The van der Waals surface area contributed by atoms with E-state index in [2.05, 4.69) is 21.5 Å². The second kappa shape index (κ2) is 12.6.